The van der Waals surface area contributed by atoms with Crippen LogP contribution in [0.4, 0.5) is 0 Å². The zero-order valence-corrected chi connectivity index (χ0v) is 16.5. The zero-order chi connectivity index (χ0) is 18.5. The maximum Gasteiger partial charge on any atom is 0.266 e. The summed E-state index contributed by atoms with van der Waals surface area (Å²) in [7, 11) is 0. The van der Waals surface area contributed by atoms with Crippen LogP contribution in [0.5, 0.6) is 5.75 Å². The lowest BCUT2D eigenvalue weighted by atomic mass is 10.1. The van der Waals surface area contributed by atoms with Crippen LogP contribution in [0.25, 0.3) is 6.08 Å². The van der Waals surface area contributed by atoms with Crippen LogP contribution in [0, 0.1) is 6.92 Å². The number of benzene rings is 2. The van der Waals surface area contributed by atoms with Gasteiger partial charge in [-0.3, -0.25) is 9.69 Å². The predicted molar refractivity (Wildman–Crippen MR) is 112 cm³/mol. The van der Waals surface area contributed by atoms with Gasteiger partial charge in [-0.05, 0) is 42.7 Å². The van der Waals surface area contributed by atoms with Crippen LogP contribution in [0.1, 0.15) is 30.0 Å². The monoisotopic (exact) mass is 383 g/mol. The number of hydrogen-bond acceptors (Lipinski definition) is 4. The van der Waals surface area contributed by atoms with E-state index in [4.69, 9.17) is 17.0 Å². The summed E-state index contributed by atoms with van der Waals surface area (Å²) < 4.78 is 6.52. The van der Waals surface area contributed by atoms with Crippen molar-refractivity contribution in [3.05, 3.63) is 70.1 Å². The number of carbonyl (C=O) groups excluding carboxylic acids is 1. The second-order valence-corrected chi connectivity index (χ2v) is 7.86. The third-order valence-electron chi connectivity index (χ3n) is 4.00. The Morgan fingerprint density at radius 1 is 1.19 bits per heavy atom. The third-order valence-corrected chi connectivity index (χ3v) is 5.38. The van der Waals surface area contributed by atoms with E-state index in [9.17, 15) is 4.79 Å². The van der Waals surface area contributed by atoms with Crippen molar-refractivity contribution in [3.8, 4) is 5.75 Å². The molecule has 0 aromatic heterocycles. The van der Waals surface area contributed by atoms with Crippen molar-refractivity contribution >= 4 is 40.3 Å². The molecular weight excluding hydrogens is 362 g/mol. The van der Waals surface area contributed by atoms with Gasteiger partial charge in [0.2, 0.25) is 0 Å². The maximum absolute atomic E-state index is 12.5. The lowest BCUT2D eigenvalue weighted by Gasteiger charge is -2.12. The van der Waals surface area contributed by atoms with E-state index < -0.39 is 0 Å². The normalized spacial score (nSPS) is 15.8. The number of aryl methyl sites for hydroxylation is 1. The van der Waals surface area contributed by atoms with Crippen LogP contribution in [0.2, 0.25) is 0 Å². The van der Waals surface area contributed by atoms with Crippen molar-refractivity contribution in [2.24, 2.45) is 0 Å². The Hall–Kier alpha value is -2.11. The maximum atomic E-state index is 12.5. The van der Waals surface area contributed by atoms with Crippen molar-refractivity contribution in [1.82, 2.24) is 4.90 Å². The molecular formula is C21H21NO2S2. The predicted octanol–water partition coefficient (Wildman–Crippen LogP) is 5.19. The van der Waals surface area contributed by atoms with Crippen LogP contribution in [0.15, 0.2) is 53.4 Å². The van der Waals surface area contributed by atoms with Gasteiger partial charge in [-0.1, -0.05) is 72.9 Å². The van der Waals surface area contributed by atoms with Gasteiger partial charge in [-0.15, -0.1) is 0 Å². The van der Waals surface area contributed by atoms with Gasteiger partial charge in [0.1, 0.15) is 16.7 Å². The number of ether oxygens (including phenoxy) is 1. The van der Waals surface area contributed by atoms with E-state index in [1.54, 1.807) is 4.90 Å². The average Bonchev–Trinajstić information content (AvgIpc) is 2.89. The van der Waals surface area contributed by atoms with Crippen molar-refractivity contribution < 1.29 is 9.53 Å². The average molecular weight is 384 g/mol. The SMILES string of the molecule is CCCN1C(=O)/C(=C/c2cccc(OCc3ccc(C)cc3)c2)SC1=S. The van der Waals surface area contributed by atoms with Crippen LogP contribution in [0.3, 0.4) is 0 Å². The number of nitrogens with zero attached hydrogens (tertiary/aromatic N) is 1. The molecule has 26 heavy (non-hydrogen) atoms. The van der Waals surface area contributed by atoms with E-state index in [0.29, 0.717) is 22.4 Å². The first-order valence-electron chi connectivity index (χ1n) is 8.60. The molecule has 2 aromatic carbocycles. The molecule has 1 heterocycles. The van der Waals surface area contributed by atoms with Crippen molar-refractivity contribution in [2.45, 2.75) is 26.9 Å². The minimum absolute atomic E-state index is 0.00664. The minimum atomic E-state index is -0.00664. The molecule has 0 spiro atoms. The molecule has 134 valence electrons. The second kappa shape index (κ2) is 8.52. The fourth-order valence-corrected chi connectivity index (χ4v) is 3.92. The molecule has 1 aliphatic rings. The van der Waals surface area contributed by atoms with Gasteiger partial charge < -0.3 is 4.74 Å². The standard InChI is InChI=1S/C21H21NO2S2/c1-3-11-22-20(23)19(26-21(22)25)13-17-5-4-6-18(12-17)24-14-16-9-7-15(2)8-10-16/h4-10,12-13H,3,11,14H2,1-2H3/b19-13-. The van der Waals surface area contributed by atoms with Gasteiger partial charge >= 0.3 is 0 Å². The largest absolute Gasteiger partial charge is 0.489 e. The summed E-state index contributed by atoms with van der Waals surface area (Å²) in [6.07, 6.45) is 2.77. The van der Waals surface area contributed by atoms with Crippen LogP contribution in [-0.2, 0) is 11.4 Å². The molecule has 1 amide bonds. The Balaban J connectivity index is 1.70. The first-order valence-corrected chi connectivity index (χ1v) is 9.83. The molecule has 1 aliphatic heterocycles. The highest BCUT2D eigenvalue weighted by Crippen LogP contribution is 2.33. The molecule has 1 saturated heterocycles. The molecule has 1 fully saturated rings. The van der Waals surface area contributed by atoms with E-state index in [-0.39, 0.29) is 5.91 Å². The van der Waals surface area contributed by atoms with Gasteiger partial charge in [0.15, 0.2) is 0 Å². The second-order valence-electron chi connectivity index (χ2n) is 6.18. The number of hydrogen-bond donors (Lipinski definition) is 0. The van der Waals surface area contributed by atoms with Crippen LogP contribution in [-0.4, -0.2) is 21.7 Å². The first kappa shape index (κ1) is 18.7. The smallest absolute Gasteiger partial charge is 0.266 e. The third kappa shape index (κ3) is 4.54. The summed E-state index contributed by atoms with van der Waals surface area (Å²) in [4.78, 5) is 14.8. The Morgan fingerprint density at radius 2 is 1.96 bits per heavy atom. The molecule has 3 nitrogen and oxygen atoms in total. The molecule has 0 saturated carbocycles. The molecule has 2 aromatic rings. The Morgan fingerprint density at radius 3 is 2.69 bits per heavy atom. The van der Waals surface area contributed by atoms with Crippen molar-refractivity contribution in [3.63, 3.8) is 0 Å². The van der Waals surface area contributed by atoms with Crippen molar-refractivity contribution in [2.75, 3.05) is 6.54 Å². The summed E-state index contributed by atoms with van der Waals surface area (Å²) in [6.45, 7) is 5.29. The molecule has 0 N–H and O–H groups in total. The van der Waals surface area contributed by atoms with E-state index in [0.717, 1.165) is 23.3 Å². The quantitative estimate of drug-likeness (QED) is 0.507. The lowest BCUT2D eigenvalue weighted by Crippen LogP contribution is -2.28. The summed E-state index contributed by atoms with van der Waals surface area (Å²) in [5.41, 5.74) is 3.29. The highest BCUT2D eigenvalue weighted by molar-refractivity contribution is 8.26. The number of rotatable bonds is 6. The van der Waals surface area contributed by atoms with Gasteiger partial charge in [0, 0.05) is 6.54 Å². The molecule has 5 heteroatoms. The Bertz CT molecular complexity index is 843. The van der Waals surface area contributed by atoms with E-state index in [1.807, 2.05) is 37.3 Å². The highest BCUT2D eigenvalue weighted by Gasteiger charge is 2.31. The number of amides is 1. The highest BCUT2D eigenvalue weighted by atomic mass is 32.2. The molecule has 0 radical (unpaired) electrons. The Labute approximate surface area is 164 Å². The first-order chi connectivity index (χ1) is 12.6. The van der Waals surface area contributed by atoms with Gasteiger partial charge in [0.25, 0.3) is 5.91 Å². The van der Waals surface area contributed by atoms with Gasteiger partial charge in [-0.2, -0.15) is 0 Å². The van der Waals surface area contributed by atoms with E-state index in [1.165, 1.54) is 17.3 Å². The van der Waals surface area contributed by atoms with Gasteiger partial charge in [-0.25, -0.2) is 0 Å². The van der Waals surface area contributed by atoms with Crippen LogP contribution >= 0.6 is 24.0 Å². The van der Waals surface area contributed by atoms with Crippen LogP contribution < -0.4 is 4.74 Å². The minimum Gasteiger partial charge on any atom is -0.489 e. The number of thioether (sulfide) groups is 1. The van der Waals surface area contributed by atoms with Gasteiger partial charge in [0.05, 0.1) is 4.91 Å². The summed E-state index contributed by atoms with van der Waals surface area (Å²) in [6, 6.07) is 16.1. The summed E-state index contributed by atoms with van der Waals surface area (Å²) >= 11 is 6.67. The van der Waals surface area contributed by atoms with E-state index >= 15 is 0 Å². The molecule has 0 bridgehead atoms. The number of thiocarbonyl (C=S) groups is 1. The van der Waals surface area contributed by atoms with Crippen molar-refractivity contribution in [1.29, 1.82) is 0 Å². The topological polar surface area (TPSA) is 29.5 Å². The number of carbonyl (C=O) groups is 1. The lowest BCUT2D eigenvalue weighted by molar-refractivity contribution is -0.122. The van der Waals surface area contributed by atoms with E-state index in [2.05, 4.69) is 31.2 Å². The summed E-state index contributed by atoms with van der Waals surface area (Å²) in [5, 5.41) is 0. The molecule has 0 unspecified atom stereocenters. The molecule has 0 atom stereocenters. The fourth-order valence-electron chi connectivity index (χ4n) is 2.61. The fraction of sp³-hybridized carbons (Fsp3) is 0.238. The Kier molecular flexibility index (Phi) is 6.12. The molecule has 0 aliphatic carbocycles. The summed E-state index contributed by atoms with van der Waals surface area (Å²) in [5.74, 6) is 0.774. The molecule has 3 rings (SSSR count). The zero-order valence-electron chi connectivity index (χ0n) is 14.9.